The third kappa shape index (κ3) is 20.2. The van der Waals surface area contributed by atoms with Crippen LogP contribution in [-0.4, -0.2) is 30.4 Å². The summed E-state index contributed by atoms with van der Waals surface area (Å²) in [5.41, 5.74) is 0.235. The molecule has 21 heavy (non-hydrogen) atoms. The molecule has 0 heterocycles. The third-order valence-corrected chi connectivity index (χ3v) is 5.62. The first kappa shape index (κ1) is 23.4. The van der Waals surface area contributed by atoms with E-state index in [1.54, 1.807) is 0 Å². The van der Waals surface area contributed by atoms with Crippen LogP contribution in [0.1, 0.15) is 61.3 Å². The van der Waals surface area contributed by atoms with Crippen LogP contribution in [0.2, 0.25) is 0 Å². The highest BCUT2D eigenvalue weighted by Gasteiger charge is 2.16. The molecule has 0 aliphatic rings. The monoisotopic (exact) mass is 333 g/mol. The molecule has 126 valence electrons. The zero-order chi connectivity index (χ0) is 16.7. The Bertz CT molecular complexity index is 277. The standard InChI is InChI=1S/C15H29NOS2.C2H6/c1-13(2)9-8-12-17-14(10-7-11-16-6)18-19-15(3,4)5;1-2/h13-14,16H,7,10-12H2,1-6H3;1-2H3. The van der Waals surface area contributed by atoms with E-state index in [-0.39, 0.29) is 10.2 Å². The van der Waals surface area contributed by atoms with Crippen molar-refractivity contribution in [3.05, 3.63) is 0 Å². The fourth-order valence-electron chi connectivity index (χ4n) is 1.18. The summed E-state index contributed by atoms with van der Waals surface area (Å²) in [5, 5.41) is 3.18. The van der Waals surface area contributed by atoms with Crippen molar-refractivity contribution in [2.45, 2.75) is 71.5 Å². The lowest BCUT2D eigenvalue weighted by atomic mass is 10.2. The summed E-state index contributed by atoms with van der Waals surface area (Å²) in [7, 11) is 5.71. The molecule has 0 aromatic rings. The average molecular weight is 334 g/mol. The lowest BCUT2D eigenvalue weighted by Gasteiger charge is -2.21. The molecule has 0 amide bonds. The van der Waals surface area contributed by atoms with Crippen molar-refractivity contribution in [1.29, 1.82) is 0 Å². The Morgan fingerprint density at radius 2 is 1.81 bits per heavy atom. The molecule has 0 aromatic heterocycles. The first-order valence-corrected chi connectivity index (χ1v) is 10.2. The van der Waals surface area contributed by atoms with Crippen LogP contribution in [0, 0.1) is 17.8 Å². The molecule has 0 radical (unpaired) electrons. The second-order valence-corrected chi connectivity index (χ2v) is 8.94. The quantitative estimate of drug-likeness (QED) is 0.285. The van der Waals surface area contributed by atoms with E-state index < -0.39 is 0 Å². The molecule has 0 fully saturated rings. The van der Waals surface area contributed by atoms with Crippen molar-refractivity contribution in [2.24, 2.45) is 5.92 Å². The van der Waals surface area contributed by atoms with Crippen LogP contribution < -0.4 is 5.32 Å². The molecule has 4 heteroatoms. The summed E-state index contributed by atoms with van der Waals surface area (Å²) in [6, 6.07) is 0. The minimum Gasteiger partial charge on any atom is -0.354 e. The minimum atomic E-state index is 0.235. The van der Waals surface area contributed by atoms with Crippen molar-refractivity contribution >= 4 is 21.6 Å². The molecule has 2 nitrogen and oxygen atoms in total. The zero-order valence-corrected chi connectivity index (χ0v) is 16.8. The van der Waals surface area contributed by atoms with Gasteiger partial charge in [-0.25, -0.2) is 0 Å². The van der Waals surface area contributed by atoms with Gasteiger partial charge in [-0.2, -0.15) is 0 Å². The predicted octanol–water partition coefficient (Wildman–Crippen LogP) is 5.19. The molecule has 0 aromatic carbocycles. The summed E-state index contributed by atoms with van der Waals surface area (Å²) in [6.07, 6.45) is 2.20. The Hall–Kier alpha value is 0.180. The van der Waals surface area contributed by atoms with Gasteiger partial charge in [0, 0.05) is 10.7 Å². The fourth-order valence-corrected chi connectivity index (χ4v) is 3.61. The summed E-state index contributed by atoms with van der Waals surface area (Å²) < 4.78 is 6.14. The molecule has 0 aliphatic carbocycles. The van der Waals surface area contributed by atoms with Crippen molar-refractivity contribution < 1.29 is 4.74 Å². The molecule has 0 bridgehead atoms. The molecule has 0 spiro atoms. The van der Waals surface area contributed by atoms with Crippen molar-refractivity contribution in [3.63, 3.8) is 0 Å². The van der Waals surface area contributed by atoms with Gasteiger partial charge in [-0.3, -0.25) is 0 Å². The second-order valence-electron chi connectivity index (χ2n) is 5.75. The molecular weight excluding hydrogens is 298 g/mol. The second kappa shape index (κ2) is 15.1. The third-order valence-electron chi connectivity index (χ3n) is 2.00. The van der Waals surface area contributed by atoms with Gasteiger partial charge in [-0.05, 0) is 26.4 Å². The first-order valence-electron chi connectivity index (χ1n) is 7.94. The molecule has 0 aliphatic heterocycles. The van der Waals surface area contributed by atoms with Crippen LogP contribution >= 0.6 is 21.6 Å². The zero-order valence-electron chi connectivity index (χ0n) is 15.2. The molecule has 0 saturated heterocycles. The van der Waals surface area contributed by atoms with Gasteiger partial charge >= 0.3 is 0 Å². The summed E-state index contributed by atoms with van der Waals surface area (Å²) >= 11 is 0. The van der Waals surface area contributed by atoms with Crippen LogP contribution in [0.25, 0.3) is 0 Å². The van der Waals surface area contributed by atoms with Gasteiger partial charge in [-0.15, -0.1) is 0 Å². The van der Waals surface area contributed by atoms with Crippen LogP contribution in [0.5, 0.6) is 0 Å². The number of hydrogen-bond donors (Lipinski definition) is 1. The number of hydrogen-bond acceptors (Lipinski definition) is 4. The number of ether oxygens (including phenoxy) is 1. The normalized spacial score (nSPS) is 12.2. The van der Waals surface area contributed by atoms with Gasteiger partial charge in [0.1, 0.15) is 12.0 Å². The van der Waals surface area contributed by atoms with Gasteiger partial charge < -0.3 is 10.1 Å². The highest BCUT2D eigenvalue weighted by atomic mass is 33.1. The summed E-state index contributed by atoms with van der Waals surface area (Å²) in [6.45, 7) is 16.5. The molecule has 0 rings (SSSR count). The topological polar surface area (TPSA) is 21.3 Å². The highest BCUT2D eigenvalue weighted by molar-refractivity contribution is 8.77. The van der Waals surface area contributed by atoms with E-state index in [1.807, 2.05) is 42.5 Å². The smallest absolute Gasteiger partial charge is 0.114 e. The molecule has 1 atom stereocenters. The SMILES string of the molecule is CC.CNCCCC(OCC#CC(C)C)SSC(C)(C)C. The van der Waals surface area contributed by atoms with Crippen molar-refractivity contribution in [3.8, 4) is 11.8 Å². The van der Waals surface area contributed by atoms with Crippen molar-refractivity contribution in [1.82, 2.24) is 5.32 Å². The van der Waals surface area contributed by atoms with E-state index >= 15 is 0 Å². The highest BCUT2D eigenvalue weighted by Crippen LogP contribution is 2.39. The van der Waals surface area contributed by atoms with E-state index in [9.17, 15) is 0 Å². The van der Waals surface area contributed by atoms with Crippen LogP contribution in [-0.2, 0) is 4.74 Å². The molecule has 1 unspecified atom stereocenters. The maximum absolute atomic E-state index is 5.88. The van der Waals surface area contributed by atoms with Crippen LogP contribution in [0.15, 0.2) is 0 Å². The number of rotatable bonds is 8. The molecular formula is C17H35NOS2. The Labute approximate surface area is 141 Å². The van der Waals surface area contributed by atoms with Gasteiger partial charge in [0.2, 0.25) is 0 Å². The van der Waals surface area contributed by atoms with E-state index in [4.69, 9.17) is 4.74 Å². The summed E-state index contributed by atoms with van der Waals surface area (Å²) in [4.78, 5) is 0. The Morgan fingerprint density at radius 3 is 2.29 bits per heavy atom. The first-order chi connectivity index (χ1) is 9.85. The largest absolute Gasteiger partial charge is 0.354 e. The summed E-state index contributed by atoms with van der Waals surface area (Å²) in [5.74, 6) is 6.65. The van der Waals surface area contributed by atoms with Crippen LogP contribution in [0.3, 0.4) is 0 Å². The predicted molar refractivity (Wildman–Crippen MR) is 102 cm³/mol. The lowest BCUT2D eigenvalue weighted by molar-refractivity contribution is 0.136. The van der Waals surface area contributed by atoms with Gasteiger partial charge in [0.25, 0.3) is 0 Å². The minimum absolute atomic E-state index is 0.235. The number of nitrogens with one attached hydrogen (secondary N) is 1. The van der Waals surface area contributed by atoms with Gasteiger partial charge in [0.15, 0.2) is 0 Å². The Kier molecular flexibility index (Phi) is 16.8. The molecule has 0 saturated carbocycles. The van der Waals surface area contributed by atoms with E-state index in [0.717, 1.165) is 19.4 Å². The van der Waals surface area contributed by atoms with Crippen LogP contribution in [0.4, 0.5) is 0 Å². The van der Waals surface area contributed by atoms with Gasteiger partial charge in [0.05, 0.1) is 0 Å². The van der Waals surface area contributed by atoms with E-state index in [1.165, 1.54) is 0 Å². The lowest BCUT2D eigenvalue weighted by Crippen LogP contribution is -2.15. The van der Waals surface area contributed by atoms with E-state index in [0.29, 0.717) is 12.5 Å². The van der Waals surface area contributed by atoms with Gasteiger partial charge in [-0.1, -0.05) is 81.9 Å². The maximum atomic E-state index is 5.88. The average Bonchev–Trinajstić information content (AvgIpc) is 2.41. The Morgan fingerprint density at radius 1 is 1.19 bits per heavy atom. The maximum Gasteiger partial charge on any atom is 0.114 e. The Balaban J connectivity index is 0. The van der Waals surface area contributed by atoms with Crippen molar-refractivity contribution in [2.75, 3.05) is 20.2 Å². The molecule has 1 N–H and O–H groups in total. The fraction of sp³-hybridized carbons (Fsp3) is 0.882. The van der Waals surface area contributed by atoms with E-state index in [2.05, 4.69) is 51.8 Å².